The number of nitrogens with zero attached hydrogens (tertiary/aromatic N) is 2. The quantitative estimate of drug-likeness (QED) is 0.162. The number of hydrogen-bond donors (Lipinski definition) is 1. The number of rotatable bonds is 13. The molecule has 0 spiro atoms. The van der Waals surface area contributed by atoms with E-state index < -0.39 is 28.5 Å². The fourth-order valence-electron chi connectivity index (χ4n) is 4.87. The Kier molecular flexibility index (Phi) is 11.9. The van der Waals surface area contributed by atoms with Gasteiger partial charge in [-0.05, 0) is 72.9 Å². The van der Waals surface area contributed by atoms with Crippen LogP contribution in [0.1, 0.15) is 36.1 Å². The third kappa shape index (κ3) is 9.12. The highest BCUT2D eigenvalue weighted by atomic mass is 35.5. The number of amides is 2. The maximum atomic E-state index is 14.5. The molecule has 0 heterocycles. The number of sulfonamides is 1. The van der Waals surface area contributed by atoms with Crippen molar-refractivity contribution in [2.24, 2.45) is 5.92 Å². The van der Waals surface area contributed by atoms with Crippen LogP contribution in [0.25, 0.3) is 0 Å². The minimum Gasteiger partial charge on any atom is -0.354 e. The summed E-state index contributed by atoms with van der Waals surface area (Å²) in [6, 6.07) is 26.8. The first-order valence-corrected chi connectivity index (χ1v) is 17.3. The molecule has 242 valence electrons. The summed E-state index contributed by atoms with van der Waals surface area (Å²) in [7, 11) is -4.22. The van der Waals surface area contributed by atoms with Gasteiger partial charge in [-0.3, -0.25) is 13.9 Å². The Hall–Kier alpha value is -3.85. The van der Waals surface area contributed by atoms with E-state index >= 15 is 0 Å². The van der Waals surface area contributed by atoms with E-state index in [1.807, 2.05) is 58.0 Å². The number of benzene rings is 4. The van der Waals surface area contributed by atoms with Crippen molar-refractivity contribution in [2.75, 3.05) is 17.4 Å². The molecule has 0 bridgehead atoms. The largest absolute Gasteiger partial charge is 0.354 e. The summed E-state index contributed by atoms with van der Waals surface area (Å²) in [6.45, 7) is 7.56. The SMILES string of the molecule is Cc1ccc(S(=O)(=O)N(CC(=O)N(Cc2ccc(Cl)cc2)[C@H](Cc2ccccc2)C(=O)NCC(C)C)c2ccc(C)c(Cl)c2)cc1. The van der Waals surface area contributed by atoms with Crippen LogP contribution < -0.4 is 9.62 Å². The van der Waals surface area contributed by atoms with Gasteiger partial charge in [0.05, 0.1) is 10.6 Å². The van der Waals surface area contributed by atoms with Crippen molar-refractivity contribution in [3.8, 4) is 0 Å². The third-order valence-electron chi connectivity index (χ3n) is 7.55. The molecule has 0 aliphatic heterocycles. The molecule has 4 rings (SSSR count). The van der Waals surface area contributed by atoms with E-state index in [0.717, 1.165) is 26.6 Å². The molecule has 46 heavy (non-hydrogen) atoms. The number of anilines is 1. The predicted octanol–water partition coefficient (Wildman–Crippen LogP) is 7.22. The molecule has 7 nitrogen and oxygen atoms in total. The van der Waals surface area contributed by atoms with Gasteiger partial charge in [-0.2, -0.15) is 0 Å². The molecule has 0 radical (unpaired) electrons. The average Bonchev–Trinajstić information content (AvgIpc) is 3.03. The standard InChI is InChI=1S/C36H39Cl2N3O4S/c1-25(2)22-39-36(43)34(20-28-8-6-5-7-9-28)40(23-29-13-15-30(37)16-14-29)35(42)24-41(31-17-12-27(4)33(38)21-31)46(44,45)32-18-10-26(3)11-19-32/h5-19,21,25,34H,20,22-24H2,1-4H3,(H,39,43)/t34-/m1/s1. The van der Waals surface area contributed by atoms with Gasteiger partial charge < -0.3 is 10.2 Å². The van der Waals surface area contributed by atoms with Gasteiger partial charge >= 0.3 is 0 Å². The number of carbonyl (C=O) groups excluding carboxylic acids is 2. The molecule has 0 fully saturated rings. The summed E-state index contributed by atoms with van der Waals surface area (Å²) in [5.74, 6) is -0.697. The summed E-state index contributed by atoms with van der Waals surface area (Å²) in [5, 5.41) is 3.88. The first-order valence-electron chi connectivity index (χ1n) is 15.1. The maximum absolute atomic E-state index is 14.5. The van der Waals surface area contributed by atoms with Crippen molar-refractivity contribution < 1.29 is 18.0 Å². The summed E-state index contributed by atoms with van der Waals surface area (Å²) in [6.07, 6.45) is 0.227. The first-order chi connectivity index (χ1) is 21.8. The third-order valence-corrected chi connectivity index (χ3v) is 10.0. The summed E-state index contributed by atoms with van der Waals surface area (Å²) >= 11 is 12.6. The summed E-state index contributed by atoms with van der Waals surface area (Å²) in [5.41, 5.74) is 3.48. The minimum absolute atomic E-state index is 0.0300. The van der Waals surface area contributed by atoms with Crippen LogP contribution in [-0.2, 0) is 32.6 Å². The van der Waals surface area contributed by atoms with Crippen LogP contribution in [0.5, 0.6) is 0 Å². The van der Waals surface area contributed by atoms with Crippen molar-refractivity contribution in [3.63, 3.8) is 0 Å². The first kappa shape index (κ1) is 35.0. The van der Waals surface area contributed by atoms with E-state index in [-0.39, 0.29) is 35.4 Å². The molecule has 0 aromatic heterocycles. The second kappa shape index (κ2) is 15.6. The lowest BCUT2D eigenvalue weighted by atomic mass is 10.0. The number of halogens is 2. The van der Waals surface area contributed by atoms with E-state index in [0.29, 0.717) is 16.6 Å². The van der Waals surface area contributed by atoms with Gasteiger partial charge in [-0.1, -0.05) is 103 Å². The van der Waals surface area contributed by atoms with Crippen LogP contribution in [0.15, 0.2) is 102 Å². The second-order valence-electron chi connectivity index (χ2n) is 11.8. The Morgan fingerprint density at radius 2 is 1.48 bits per heavy atom. The van der Waals surface area contributed by atoms with Crippen LogP contribution in [0, 0.1) is 19.8 Å². The average molecular weight is 681 g/mol. The van der Waals surface area contributed by atoms with Gasteiger partial charge in [0, 0.05) is 29.6 Å². The zero-order valence-corrected chi connectivity index (χ0v) is 28.7. The van der Waals surface area contributed by atoms with Gasteiger partial charge in [0.1, 0.15) is 12.6 Å². The minimum atomic E-state index is -4.22. The lowest BCUT2D eigenvalue weighted by molar-refractivity contribution is -0.140. The number of hydrogen-bond acceptors (Lipinski definition) is 4. The van der Waals surface area contributed by atoms with Crippen molar-refractivity contribution in [1.29, 1.82) is 0 Å². The van der Waals surface area contributed by atoms with Crippen LogP contribution in [-0.4, -0.2) is 44.3 Å². The summed E-state index contributed by atoms with van der Waals surface area (Å²) < 4.78 is 29.4. The highest BCUT2D eigenvalue weighted by Crippen LogP contribution is 2.29. The van der Waals surface area contributed by atoms with Gasteiger partial charge in [0.25, 0.3) is 10.0 Å². The zero-order chi connectivity index (χ0) is 33.4. The van der Waals surface area contributed by atoms with Crippen molar-refractivity contribution in [3.05, 3.63) is 129 Å². The molecular weight excluding hydrogens is 641 g/mol. The Morgan fingerprint density at radius 1 is 0.826 bits per heavy atom. The molecule has 0 saturated carbocycles. The van der Waals surface area contributed by atoms with Crippen molar-refractivity contribution in [1.82, 2.24) is 10.2 Å². The van der Waals surface area contributed by atoms with E-state index in [4.69, 9.17) is 23.2 Å². The molecular formula is C36H39Cl2N3O4S. The Bertz CT molecular complexity index is 1750. The number of nitrogens with one attached hydrogen (secondary N) is 1. The van der Waals surface area contributed by atoms with Gasteiger partial charge in [0.15, 0.2) is 0 Å². The van der Waals surface area contributed by atoms with E-state index in [9.17, 15) is 18.0 Å². The van der Waals surface area contributed by atoms with E-state index in [1.165, 1.54) is 23.1 Å². The Labute approximate surface area is 282 Å². The van der Waals surface area contributed by atoms with Crippen LogP contribution >= 0.6 is 23.2 Å². The molecule has 0 aliphatic carbocycles. The van der Waals surface area contributed by atoms with Crippen LogP contribution in [0.4, 0.5) is 5.69 Å². The lowest BCUT2D eigenvalue weighted by Crippen LogP contribution is -2.53. The molecule has 1 atom stereocenters. The number of aryl methyl sites for hydroxylation is 2. The van der Waals surface area contributed by atoms with Crippen molar-refractivity contribution in [2.45, 2.75) is 51.6 Å². The zero-order valence-electron chi connectivity index (χ0n) is 26.4. The second-order valence-corrected chi connectivity index (χ2v) is 14.5. The fraction of sp³-hybridized carbons (Fsp3) is 0.278. The van der Waals surface area contributed by atoms with Gasteiger partial charge in [-0.15, -0.1) is 0 Å². The normalized spacial score (nSPS) is 12.1. The van der Waals surface area contributed by atoms with Crippen LogP contribution in [0.3, 0.4) is 0 Å². The van der Waals surface area contributed by atoms with E-state index in [2.05, 4.69) is 5.32 Å². The summed E-state index contributed by atoms with van der Waals surface area (Å²) in [4.78, 5) is 29.9. The highest BCUT2D eigenvalue weighted by molar-refractivity contribution is 7.92. The Morgan fingerprint density at radius 3 is 2.09 bits per heavy atom. The van der Waals surface area contributed by atoms with Gasteiger partial charge in [0.2, 0.25) is 11.8 Å². The topological polar surface area (TPSA) is 86.8 Å². The van der Waals surface area contributed by atoms with Crippen molar-refractivity contribution >= 4 is 50.7 Å². The molecule has 2 amide bonds. The molecule has 0 saturated heterocycles. The molecule has 0 unspecified atom stereocenters. The molecule has 4 aromatic carbocycles. The molecule has 1 N–H and O–H groups in total. The molecule has 0 aliphatic rings. The smallest absolute Gasteiger partial charge is 0.264 e. The van der Waals surface area contributed by atoms with Crippen LogP contribution in [0.2, 0.25) is 10.0 Å². The Balaban J connectivity index is 1.81. The fourth-order valence-corrected chi connectivity index (χ4v) is 6.57. The van der Waals surface area contributed by atoms with E-state index in [1.54, 1.807) is 48.5 Å². The maximum Gasteiger partial charge on any atom is 0.264 e. The predicted molar refractivity (Wildman–Crippen MR) is 186 cm³/mol. The number of carbonyl (C=O) groups is 2. The molecule has 4 aromatic rings. The molecule has 10 heteroatoms. The lowest BCUT2D eigenvalue weighted by Gasteiger charge is -2.34. The van der Waals surface area contributed by atoms with Gasteiger partial charge in [-0.25, -0.2) is 8.42 Å². The highest BCUT2D eigenvalue weighted by Gasteiger charge is 2.34. The monoisotopic (exact) mass is 679 g/mol.